The molecule has 0 aliphatic carbocycles. The molecule has 7 heteroatoms. The SMILES string of the molecule is CC.CNc1cc(C(=O)O)cc2nc(-c3ccoc3)nn12. The standard InChI is InChI=1S/C12H10N4O3.C2H6/c1-13-9-4-8(12(17)18)5-10-14-11(15-16(9)10)7-2-3-19-6-7;1-2/h2-6,13H,1H3,(H,17,18);1-2H3. The van der Waals surface area contributed by atoms with Gasteiger partial charge >= 0.3 is 5.97 Å². The Morgan fingerprint density at radius 1 is 1.38 bits per heavy atom. The normalized spacial score (nSPS) is 10.0. The molecule has 0 aliphatic rings. The van der Waals surface area contributed by atoms with Crippen molar-refractivity contribution >= 4 is 17.4 Å². The molecule has 3 aromatic rings. The third kappa shape index (κ3) is 2.71. The van der Waals surface area contributed by atoms with Gasteiger partial charge in [0, 0.05) is 7.05 Å². The predicted octanol–water partition coefficient (Wildman–Crippen LogP) is 2.76. The van der Waals surface area contributed by atoms with Crippen LogP contribution < -0.4 is 5.32 Å². The van der Waals surface area contributed by atoms with Gasteiger partial charge in [-0.05, 0) is 18.2 Å². The summed E-state index contributed by atoms with van der Waals surface area (Å²) in [4.78, 5) is 15.3. The first-order chi connectivity index (χ1) is 10.2. The molecule has 110 valence electrons. The Hall–Kier alpha value is -2.83. The molecular formula is C14H16N4O3. The Labute approximate surface area is 121 Å². The number of aromatic carboxylic acids is 1. The highest BCUT2D eigenvalue weighted by Crippen LogP contribution is 2.20. The largest absolute Gasteiger partial charge is 0.478 e. The van der Waals surface area contributed by atoms with Gasteiger partial charge in [-0.2, -0.15) is 4.52 Å². The zero-order valence-electron chi connectivity index (χ0n) is 12.0. The average molecular weight is 288 g/mol. The van der Waals surface area contributed by atoms with Crippen LogP contribution in [0, 0.1) is 0 Å². The number of anilines is 1. The Morgan fingerprint density at radius 3 is 2.71 bits per heavy atom. The lowest BCUT2D eigenvalue weighted by molar-refractivity contribution is 0.0697. The molecule has 3 aromatic heterocycles. The van der Waals surface area contributed by atoms with Crippen molar-refractivity contribution in [3.8, 4) is 11.4 Å². The van der Waals surface area contributed by atoms with E-state index in [1.807, 2.05) is 13.8 Å². The molecule has 0 aliphatic heterocycles. The summed E-state index contributed by atoms with van der Waals surface area (Å²) in [7, 11) is 1.69. The van der Waals surface area contributed by atoms with Gasteiger partial charge in [0.25, 0.3) is 0 Å². The topological polar surface area (TPSA) is 92.7 Å². The molecular weight excluding hydrogens is 272 g/mol. The lowest BCUT2D eigenvalue weighted by Gasteiger charge is -2.03. The Morgan fingerprint density at radius 2 is 2.14 bits per heavy atom. The van der Waals surface area contributed by atoms with Crippen LogP contribution >= 0.6 is 0 Å². The Balaban J connectivity index is 0.000000774. The number of hydrogen-bond donors (Lipinski definition) is 2. The number of carboxylic acid groups (broad SMARTS) is 1. The third-order valence-electron chi connectivity index (χ3n) is 2.72. The summed E-state index contributed by atoms with van der Waals surface area (Å²) in [6, 6.07) is 4.72. The van der Waals surface area contributed by atoms with Crippen LogP contribution in [0.3, 0.4) is 0 Å². The van der Waals surface area contributed by atoms with E-state index in [9.17, 15) is 4.79 Å². The maximum absolute atomic E-state index is 11.0. The highest BCUT2D eigenvalue weighted by molar-refractivity contribution is 5.90. The number of carboxylic acids is 1. The summed E-state index contributed by atoms with van der Waals surface area (Å²) >= 11 is 0. The molecule has 3 heterocycles. The van der Waals surface area contributed by atoms with Crippen LogP contribution in [-0.4, -0.2) is 32.7 Å². The van der Waals surface area contributed by atoms with Crippen molar-refractivity contribution in [3.05, 3.63) is 36.3 Å². The number of furan rings is 1. The van der Waals surface area contributed by atoms with E-state index < -0.39 is 5.97 Å². The molecule has 0 fully saturated rings. The molecule has 0 spiro atoms. The van der Waals surface area contributed by atoms with E-state index in [-0.39, 0.29) is 5.56 Å². The molecule has 0 aromatic carbocycles. The van der Waals surface area contributed by atoms with E-state index in [4.69, 9.17) is 9.52 Å². The maximum Gasteiger partial charge on any atom is 0.335 e. The molecule has 0 amide bonds. The van der Waals surface area contributed by atoms with Crippen molar-refractivity contribution in [3.63, 3.8) is 0 Å². The van der Waals surface area contributed by atoms with Crippen molar-refractivity contribution in [2.24, 2.45) is 0 Å². The molecule has 21 heavy (non-hydrogen) atoms. The monoisotopic (exact) mass is 288 g/mol. The molecule has 0 saturated carbocycles. The highest BCUT2D eigenvalue weighted by atomic mass is 16.4. The molecule has 0 saturated heterocycles. The van der Waals surface area contributed by atoms with E-state index in [1.54, 1.807) is 17.6 Å². The summed E-state index contributed by atoms with van der Waals surface area (Å²) in [5.41, 5.74) is 1.35. The van der Waals surface area contributed by atoms with Crippen molar-refractivity contribution in [1.29, 1.82) is 0 Å². The predicted molar refractivity (Wildman–Crippen MR) is 78.5 cm³/mol. The molecule has 7 nitrogen and oxygen atoms in total. The van der Waals surface area contributed by atoms with Crippen LogP contribution in [0.2, 0.25) is 0 Å². The minimum absolute atomic E-state index is 0.156. The zero-order chi connectivity index (χ0) is 15.4. The summed E-state index contributed by atoms with van der Waals surface area (Å²) in [6.07, 6.45) is 3.06. The van der Waals surface area contributed by atoms with E-state index in [0.29, 0.717) is 17.3 Å². The van der Waals surface area contributed by atoms with E-state index in [0.717, 1.165) is 5.56 Å². The first-order valence-corrected chi connectivity index (χ1v) is 6.53. The van der Waals surface area contributed by atoms with Gasteiger partial charge in [-0.1, -0.05) is 13.8 Å². The Kier molecular flexibility index (Phi) is 4.22. The minimum Gasteiger partial charge on any atom is -0.478 e. The smallest absolute Gasteiger partial charge is 0.335 e. The summed E-state index contributed by atoms with van der Waals surface area (Å²) in [5.74, 6) is 0.0248. The van der Waals surface area contributed by atoms with Crippen LogP contribution in [-0.2, 0) is 0 Å². The zero-order valence-corrected chi connectivity index (χ0v) is 12.0. The molecule has 0 unspecified atom stereocenters. The first-order valence-electron chi connectivity index (χ1n) is 6.53. The van der Waals surface area contributed by atoms with Gasteiger partial charge in [0.05, 0.1) is 17.4 Å². The number of nitrogens with zero attached hydrogens (tertiary/aromatic N) is 3. The Bertz CT molecular complexity index is 747. The number of hydrogen-bond acceptors (Lipinski definition) is 5. The fourth-order valence-corrected chi connectivity index (χ4v) is 1.80. The number of nitrogens with one attached hydrogen (secondary N) is 1. The first kappa shape index (κ1) is 14.6. The van der Waals surface area contributed by atoms with Gasteiger partial charge in [0.2, 0.25) is 0 Å². The van der Waals surface area contributed by atoms with Gasteiger partial charge < -0.3 is 14.8 Å². The summed E-state index contributed by atoms with van der Waals surface area (Å²) in [6.45, 7) is 4.00. The van der Waals surface area contributed by atoms with Crippen LogP contribution in [0.15, 0.2) is 35.1 Å². The van der Waals surface area contributed by atoms with Gasteiger partial charge in [-0.25, -0.2) is 9.78 Å². The lowest BCUT2D eigenvalue weighted by atomic mass is 10.2. The van der Waals surface area contributed by atoms with Crippen LogP contribution in [0.25, 0.3) is 17.0 Å². The number of rotatable bonds is 3. The summed E-state index contributed by atoms with van der Waals surface area (Å²) in [5, 5.41) is 16.3. The number of fused-ring (bicyclic) bond motifs is 1. The van der Waals surface area contributed by atoms with Gasteiger partial charge in [-0.15, -0.1) is 5.10 Å². The summed E-state index contributed by atoms with van der Waals surface area (Å²) < 4.78 is 6.53. The van der Waals surface area contributed by atoms with Crippen LogP contribution in [0.1, 0.15) is 24.2 Å². The van der Waals surface area contributed by atoms with E-state index in [1.165, 1.54) is 24.7 Å². The molecule has 0 atom stereocenters. The maximum atomic E-state index is 11.0. The van der Waals surface area contributed by atoms with Gasteiger partial charge in [0.1, 0.15) is 12.1 Å². The fraction of sp³-hybridized carbons (Fsp3) is 0.214. The van der Waals surface area contributed by atoms with Crippen LogP contribution in [0.5, 0.6) is 0 Å². The van der Waals surface area contributed by atoms with Crippen molar-refractivity contribution in [2.75, 3.05) is 12.4 Å². The van der Waals surface area contributed by atoms with Crippen molar-refractivity contribution in [1.82, 2.24) is 14.6 Å². The number of pyridine rings is 1. The highest BCUT2D eigenvalue weighted by Gasteiger charge is 2.13. The van der Waals surface area contributed by atoms with Crippen molar-refractivity contribution < 1.29 is 14.3 Å². The van der Waals surface area contributed by atoms with E-state index >= 15 is 0 Å². The third-order valence-corrected chi connectivity index (χ3v) is 2.72. The minimum atomic E-state index is -1.01. The molecule has 2 N–H and O–H groups in total. The second kappa shape index (κ2) is 6.08. The molecule has 0 radical (unpaired) electrons. The van der Waals surface area contributed by atoms with Crippen LogP contribution in [0.4, 0.5) is 5.82 Å². The van der Waals surface area contributed by atoms with Gasteiger partial charge in [0.15, 0.2) is 11.5 Å². The second-order valence-corrected chi connectivity index (χ2v) is 3.90. The quantitative estimate of drug-likeness (QED) is 0.769. The second-order valence-electron chi connectivity index (χ2n) is 3.90. The van der Waals surface area contributed by atoms with E-state index in [2.05, 4.69) is 15.4 Å². The average Bonchev–Trinajstić information content (AvgIpc) is 3.16. The number of carbonyl (C=O) groups is 1. The van der Waals surface area contributed by atoms with Crippen molar-refractivity contribution in [2.45, 2.75) is 13.8 Å². The fourth-order valence-electron chi connectivity index (χ4n) is 1.80. The molecule has 0 bridgehead atoms. The molecule has 3 rings (SSSR count). The number of aromatic nitrogens is 3. The lowest BCUT2D eigenvalue weighted by Crippen LogP contribution is -2.04. The van der Waals surface area contributed by atoms with Gasteiger partial charge in [-0.3, -0.25) is 0 Å².